The van der Waals surface area contributed by atoms with Crippen molar-refractivity contribution in [2.75, 3.05) is 7.11 Å². The van der Waals surface area contributed by atoms with Crippen LogP contribution in [0.15, 0.2) is 43.0 Å². The van der Waals surface area contributed by atoms with Crippen molar-refractivity contribution < 1.29 is 9.53 Å². The van der Waals surface area contributed by atoms with Crippen LogP contribution in [-0.4, -0.2) is 32.8 Å². The van der Waals surface area contributed by atoms with E-state index in [1.165, 1.54) is 6.33 Å². The maximum absolute atomic E-state index is 12.8. The molecule has 1 aliphatic rings. The number of benzene rings is 1. The lowest BCUT2D eigenvalue weighted by Gasteiger charge is -2.16. The first kappa shape index (κ1) is 17.2. The second-order valence-electron chi connectivity index (χ2n) is 6.63. The van der Waals surface area contributed by atoms with Crippen molar-refractivity contribution >= 4 is 5.91 Å². The van der Waals surface area contributed by atoms with Gasteiger partial charge in [0.05, 0.1) is 18.8 Å². The highest BCUT2D eigenvalue weighted by Crippen LogP contribution is 2.27. The van der Waals surface area contributed by atoms with Crippen LogP contribution in [0.5, 0.6) is 5.88 Å². The zero-order chi connectivity index (χ0) is 18.8. The molecule has 0 fully saturated rings. The molecule has 7 heteroatoms. The van der Waals surface area contributed by atoms with E-state index >= 15 is 0 Å². The SMILES string of the molecule is COc1nc2c(cc1C(=O)N[C@H](C)c1ccc(-n3cncn3)cc1)CCC2. The minimum atomic E-state index is -0.179. The van der Waals surface area contributed by atoms with Gasteiger partial charge >= 0.3 is 0 Å². The molecule has 0 radical (unpaired) electrons. The number of carbonyl (C=O) groups excluding carboxylic acids is 1. The van der Waals surface area contributed by atoms with Crippen molar-refractivity contribution in [2.45, 2.75) is 32.2 Å². The van der Waals surface area contributed by atoms with E-state index in [9.17, 15) is 4.79 Å². The Morgan fingerprint density at radius 1 is 1.26 bits per heavy atom. The number of hydrogen-bond acceptors (Lipinski definition) is 5. The Morgan fingerprint density at radius 2 is 2.07 bits per heavy atom. The molecule has 3 aromatic rings. The summed E-state index contributed by atoms with van der Waals surface area (Å²) in [7, 11) is 1.55. The molecule has 0 aliphatic heterocycles. The highest BCUT2D eigenvalue weighted by Gasteiger charge is 2.22. The lowest BCUT2D eigenvalue weighted by molar-refractivity contribution is 0.0936. The van der Waals surface area contributed by atoms with Gasteiger partial charge < -0.3 is 10.1 Å². The van der Waals surface area contributed by atoms with Gasteiger partial charge in [-0.2, -0.15) is 5.10 Å². The highest BCUT2D eigenvalue weighted by atomic mass is 16.5. The highest BCUT2D eigenvalue weighted by molar-refractivity contribution is 5.96. The number of nitrogens with one attached hydrogen (secondary N) is 1. The van der Waals surface area contributed by atoms with Crippen molar-refractivity contribution in [3.05, 3.63) is 65.4 Å². The smallest absolute Gasteiger partial charge is 0.257 e. The Hall–Kier alpha value is -3.22. The van der Waals surface area contributed by atoms with Crippen LogP contribution in [0.3, 0.4) is 0 Å². The van der Waals surface area contributed by atoms with Crippen molar-refractivity contribution in [2.24, 2.45) is 0 Å². The fourth-order valence-electron chi connectivity index (χ4n) is 3.39. The van der Waals surface area contributed by atoms with Crippen LogP contribution >= 0.6 is 0 Å². The summed E-state index contributed by atoms with van der Waals surface area (Å²) in [5.74, 6) is 0.212. The van der Waals surface area contributed by atoms with Crippen LogP contribution in [0.25, 0.3) is 5.69 Å². The average molecular weight is 363 g/mol. The fraction of sp³-hybridized carbons (Fsp3) is 0.300. The summed E-state index contributed by atoms with van der Waals surface area (Å²) >= 11 is 0. The third-order valence-electron chi connectivity index (χ3n) is 4.88. The van der Waals surface area contributed by atoms with Crippen molar-refractivity contribution in [1.82, 2.24) is 25.1 Å². The summed E-state index contributed by atoms with van der Waals surface area (Å²) in [6.45, 7) is 1.95. The van der Waals surface area contributed by atoms with Gasteiger partial charge in [-0.1, -0.05) is 12.1 Å². The first-order valence-electron chi connectivity index (χ1n) is 8.98. The lowest BCUT2D eigenvalue weighted by Crippen LogP contribution is -2.27. The van der Waals surface area contributed by atoms with E-state index in [4.69, 9.17) is 4.74 Å². The predicted molar refractivity (Wildman–Crippen MR) is 100 cm³/mol. The zero-order valence-electron chi connectivity index (χ0n) is 15.3. The summed E-state index contributed by atoms with van der Waals surface area (Å²) < 4.78 is 7.04. The topological polar surface area (TPSA) is 81.9 Å². The molecule has 1 aliphatic carbocycles. The Bertz CT molecular complexity index is 951. The van der Waals surface area contributed by atoms with Gasteiger partial charge in [0.1, 0.15) is 18.2 Å². The first-order chi connectivity index (χ1) is 13.2. The molecule has 27 heavy (non-hydrogen) atoms. The third-order valence-corrected chi connectivity index (χ3v) is 4.88. The maximum atomic E-state index is 12.8. The molecule has 0 saturated carbocycles. The summed E-state index contributed by atoms with van der Waals surface area (Å²) in [6.07, 6.45) is 6.13. The molecule has 0 saturated heterocycles. The molecule has 4 rings (SSSR count). The number of ether oxygens (including phenoxy) is 1. The normalized spacial score (nSPS) is 13.9. The van der Waals surface area contributed by atoms with Crippen molar-refractivity contribution in [1.29, 1.82) is 0 Å². The number of aryl methyl sites for hydroxylation is 2. The molecule has 1 atom stereocenters. The van der Waals surface area contributed by atoms with E-state index < -0.39 is 0 Å². The number of hydrogen-bond donors (Lipinski definition) is 1. The quantitative estimate of drug-likeness (QED) is 0.754. The fourth-order valence-corrected chi connectivity index (χ4v) is 3.39. The molecule has 0 bridgehead atoms. The van der Waals surface area contributed by atoms with E-state index in [2.05, 4.69) is 20.4 Å². The Kier molecular flexibility index (Phi) is 4.58. The number of aromatic nitrogens is 4. The van der Waals surface area contributed by atoms with Crippen LogP contribution in [0.2, 0.25) is 0 Å². The second kappa shape index (κ2) is 7.19. The van der Waals surface area contributed by atoms with E-state index in [1.807, 2.05) is 37.3 Å². The van der Waals surface area contributed by atoms with Gasteiger partial charge in [0.2, 0.25) is 5.88 Å². The van der Waals surface area contributed by atoms with E-state index in [1.54, 1.807) is 18.1 Å². The van der Waals surface area contributed by atoms with E-state index in [0.29, 0.717) is 11.4 Å². The number of fused-ring (bicyclic) bond motifs is 1. The van der Waals surface area contributed by atoms with Gasteiger partial charge in [-0.25, -0.2) is 14.6 Å². The largest absolute Gasteiger partial charge is 0.480 e. The molecule has 2 aromatic heterocycles. The predicted octanol–water partition coefficient (Wildman–Crippen LogP) is 2.65. The number of rotatable bonds is 5. The van der Waals surface area contributed by atoms with Gasteiger partial charge in [-0.05, 0) is 55.5 Å². The van der Waals surface area contributed by atoms with Crippen LogP contribution < -0.4 is 10.1 Å². The molecular formula is C20H21N5O2. The minimum Gasteiger partial charge on any atom is -0.480 e. The molecule has 1 amide bonds. The van der Waals surface area contributed by atoms with Crippen molar-refractivity contribution in [3.8, 4) is 11.6 Å². The van der Waals surface area contributed by atoms with Crippen LogP contribution in [0, 0.1) is 0 Å². The monoisotopic (exact) mass is 363 g/mol. The molecule has 1 N–H and O–H groups in total. The molecule has 1 aromatic carbocycles. The number of carbonyl (C=O) groups is 1. The van der Waals surface area contributed by atoms with E-state index in [0.717, 1.165) is 41.8 Å². The van der Waals surface area contributed by atoms with Crippen LogP contribution in [-0.2, 0) is 12.8 Å². The molecule has 2 heterocycles. The summed E-state index contributed by atoms with van der Waals surface area (Å²) in [5, 5.41) is 7.15. The van der Waals surface area contributed by atoms with Crippen molar-refractivity contribution in [3.63, 3.8) is 0 Å². The standard InChI is InChI=1S/C20H21N5O2/c1-13(14-6-8-16(9-7-14)25-12-21-11-22-25)23-19(26)17-10-15-4-3-5-18(15)24-20(17)27-2/h6-13H,3-5H2,1-2H3,(H,23,26)/t13-/m1/s1. The van der Waals surface area contributed by atoms with Gasteiger partial charge in [-0.3, -0.25) is 4.79 Å². The zero-order valence-corrected chi connectivity index (χ0v) is 15.3. The first-order valence-corrected chi connectivity index (χ1v) is 8.98. The van der Waals surface area contributed by atoms with Gasteiger partial charge in [0, 0.05) is 5.69 Å². The molecule has 0 unspecified atom stereocenters. The number of nitrogens with zero attached hydrogens (tertiary/aromatic N) is 4. The molecule has 138 valence electrons. The van der Waals surface area contributed by atoms with Gasteiger partial charge in [0.15, 0.2) is 0 Å². The number of amides is 1. The summed E-state index contributed by atoms with van der Waals surface area (Å²) in [6, 6.07) is 9.61. The van der Waals surface area contributed by atoms with E-state index in [-0.39, 0.29) is 11.9 Å². The lowest BCUT2D eigenvalue weighted by atomic mass is 10.1. The Morgan fingerprint density at radius 3 is 2.78 bits per heavy atom. The van der Waals surface area contributed by atoms with Crippen LogP contribution in [0.4, 0.5) is 0 Å². The van der Waals surface area contributed by atoms with Gasteiger partial charge in [0.25, 0.3) is 5.91 Å². The third kappa shape index (κ3) is 3.40. The minimum absolute atomic E-state index is 0.153. The Balaban J connectivity index is 1.51. The number of methoxy groups -OCH3 is 1. The van der Waals surface area contributed by atoms with Gasteiger partial charge in [-0.15, -0.1) is 0 Å². The van der Waals surface area contributed by atoms with Crippen LogP contribution in [0.1, 0.15) is 46.6 Å². The number of pyridine rings is 1. The maximum Gasteiger partial charge on any atom is 0.257 e. The summed E-state index contributed by atoms with van der Waals surface area (Å²) in [5.41, 5.74) is 4.59. The Labute approximate surface area is 157 Å². The second-order valence-corrected chi connectivity index (χ2v) is 6.63. The molecular weight excluding hydrogens is 342 g/mol. The average Bonchev–Trinajstić information content (AvgIpc) is 3.38. The molecule has 7 nitrogen and oxygen atoms in total. The molecule has 0 spiro atoms. The summed E-state index contributed by atoms with van der Waals surface area (Å²) in [4.78, 5) is 21.3.